The highest BCUT2D eigenvalue weighted by Gasteiger charge is 2.50. The smallest absolute Gasteiger partial charge is 0.325 e. The normalized spacial score (nSPS) is 19.7. The molecule has 0 bridgehead atoms. The van der Waals surface area contributed by atoms with Crippen molar-refractivity contribution in [1.29, 1.82) is 0 Å². The zero-order chi connectivity index (χ0) is 13.3. The lowest BCUT2D eigenvalue weighted by Gasteiger charge is -2.34. The van der Waals surface area contributed by atoms with Gasteiger partial charge in [0.05, 0.1) is 5.60 Å². The van der Waals surface area contributed by atoms with E-state index < -0.39 is 11.1 Å². The standard InChI is InChI=1S/C12H22N2O3/c1-5-12(6-2)9(15)13-10(16)14(12)8-7-11(3,4)17/h17H,5-8H2,1-4H3,(H,13,15,16). The second-order valence-corrected chi connectivity index (χ2v) is 5.21. The van der Waals surface area contributed by atoms with E-state index >= 15 is 0 Å². The molecule has 2 N–H and O–H groups in total. The van der Waals surface area contributed by atoms with Gasteiger partial charge in [-0.3, -0.25) is 10.1 Å². The number of carbonyl (C=O) groups is 2. The number of rotatable bonds is 5. The molecule has 17 heavy (non-hydrogen) atoms. The molecule has 1 saturated heterocycles. The summed E-state index contributed by atoms with van der Waals surface area (Å²) in [5, 5.41) is 12.1. The summed E-state index contributed by atoms with van der Waals surface area (Å²) in [6.45, 7) is 7.59. The van der Waals surface area contributed by atoms with Gasteiger partial charge in [-0.05, 0) is 33.1 Å². The van der Waals surface area contributed by atoms with E-state index in [0.717, 1.165) is 0 Å². The molecule has 0 radical (unpaired) electrons. The second kappa shape index (κ2) is 4.64. The van der Waals surface area contributed by atoms with Crippen LogP contribution >= 0.6 is 0 Å². The van der Waals surface area contributed by atoms with Crippen molar-refractivity contribution in [2.75, 3.05) is 6.54 Å². The van der Waals surface area contributed by atoms with Crippen molar-refractivity contribution in [3.63, 3.8) is 0 Å². The zero-order valence-corrected chi connectivity index (χ0v) is 11.0. The van der Waals surface area contributed by atoms with Crippen LogP contribution in [0.5, 0.6) is 0 Å². The molecule has 1 aliphatic heterocycles. The molecule has 1 fully saturated rings. The first-order chi connectivity index (χ1) is 7.77. The molecule has 1 heterocycles. The van der Waals surface area contributed by atoms with Crippen molar-refractivity contribution in [3.8, 4) is 0 Å². The highest BCUT2D eigenvalue weighted by atomic mass is 16.3. The molecular weight excluding hydrogens is 220 g/mol. The fourth-order valence-electron chi connectivity index (χ4n) is 2.25. The Morgan fingerprint density at radius 3 is 2.24 bits per heavy atom. The minimum Gasteiger partial charge on any atom is -0.390 e. The number of hydrogen-bond acceptors (Lipinski definition) is 3. The predicted molar refractivity (Wildman–Crippen MR) is 64.5 cm³/mol. The maximum atomic E-state index is 11.9. The number of nitrogens with zero attached hydrogens (tertiary/aromatic N) is 1. The van der Waals surface area contributed by atoms with E-state index in [-0.39, 0.29) is 11.9 Å². The number of urea groups is 1. The second-order valence-electron chi connectivity index (χ2n) is 5.21. The van der Waals surface area contributed by atoms with E-state index in [1.165, 1.54) is 0 Å². The van der Waals surface area contributed by atoms with E-state index in [1.54, 1.807) is 18.7 Å². The maximum absolute atomic E-state index is 11.9. The van der Waals surface area contributed by atoms with Gasteiger partial charge in [0.1, 0.15) is 5.54 Å². The Morgan fingerprint density at radius 2 is 1.82 bits per heavy atom. The predicted octanol–water partition coefficient (Wildman–Crippen LogP) is 1.26. The maximum Gasteiger partial charge on any atom is 0.325 e. The lowest BCUT2D eigenvalue weighted by Crippen LogP contribution is -2.50. The molecule has 0 aromatic carbocycles. The molecule has 0 atom stereocenters. The van der Waals surface area contributed by atoms with Gasteiger partial charge in [-0.15, -0.1) is 0 Å². The summed E-state index contributed by atoms with van der Waals surface area (Å²) in [4.78, 5) is 25.2. The SMILES string of the molecule is CCC1(CC)C(=O)NC(=O)N1CCC(C)(C)O. The van der Waals surface area contributed by atoms with E-state index in [2.05, 4.69) is 5.32 Å². The Bertz CT molecular complexity index is 316. The molecular formula is C12H22N2O3. The Kier molecular flexibility index (Phi) is 3.81. The third kappa shape index (κ3) is 2.60. The van der Waals surface area contributed by atoms with Crippen LogP contribution in [0.4, 0.5) is 4.79 Å². The highest BCUT2D eigenvalue weighted by molar-refractivity contribution is 6.06. The Balaban J connectivity index is 2.87. The quantitative estimate of drug-likeness (QED) is 0.713. The number of aliphatic hydroxyl groups is 1. The number of imide groups is 1. The van der Waals surface area contributed by atoms with Gasteiger partial charge in [-0.2, -0.15) is 0 Å². The lowest BCUT2D eigenvalue weighted by atomic mass is 9.90. The first kappa shape index (κ1) is 14.0. The average Bonchev–Trinajstić information content (AvgIpc) is 2.45. The highest BCUT2D eigenvalue weighted by Crippen LogP contribution is 2.30. The third-order valence-electron chi connectivity index (χ3n) is 3.52. The summed E-state index contributed by atoms with van der Waals surface area (Å²) in [7, 11) is 0. The van der Waals surface area contributed by atoms with Crippen molar-refractivity contribution in [2.24, 2.45) is 0 Å². The lowest BCUT2D eigenvalue weighted by molar-refractivity contribution is -0.127. The van der Waals surface area contributed by atoms with Gasteiger partial charge in [-0.1, -0.05) is 13.8 Å². The van der Waals surface area contributed by atoms with Crippen LogP contribution in [-0.4, -0.2) is 39.6 Å². The van der Waals surface area contributed by atoms with E-state index in [9.17, 15) is 14.7 Å². The van der Waals surface area contributed by atoms with Gasteiger partial charge in [0.2, 0.25) is 0 Å². The fourth-order valence-corrected chi connectivity index (χ4v) is 2.25. The van der Waals surface area contributed by atoms with Crippen LogP contribution in [-0.2, 0) is 4.79 Å². The molecule has 1 aliphatic rings. The molecule has 1 rings (SSSR count). The minimum atomic E-state index is -0.834. The summed E-state index contributed by atoms with van der Waals surface area (Å²) < 4.78 is 0. The van der Waals surface area contributed by atoms with Gasteiger partial charge >= 0.3 is 6.03 Å². The summed E-state index contributed by atoms with van der Waals surface area (Å²) in [6.07, 6.45) is 1.63. The summed E-state index contributed by atoms with van der Waals surface area (Å²) in [6, 6.07) is -0.344. The average molecular weight is 242 g/mol. The minimum absolute atomic E-state index is 0.219. The molecule has 0 aromatic heterocycles. The fraction of sp³-hybridized carbons (Fsp3) is 0.833. The van der Waals surface area contributed by atoms with Crippen molar-refractivity contribution in [1.82, 2.24) is 10.2 Å². The number of nitrogens with one attached hydrogen (secondary N) is 1. The topological polar surface area (TPSA) is 69.6 Å². The molecule has 98 valence electrons. The van der Waals surface area contributed by atoms with E-state index in [0.29, 0.717) is 25.8 Å². The summed E-state index contributed by atoms with van der Waals surface area (Å²) >= 11 is 0. The van der Waals surface area contributed by atoms with Gasteiger partial charge in [0, 0.05) is 6.54 Å². The van der Waals surface area contributed by atoms with Crippen molar-refractivity contribution in [3.05, 3.63) is 0 Å². The Hall–Kier alpha value is -1.10. The van der Waals surface area contributed by atoms with Gasteiger partial charge < -0.3 is 10.0 Å². The Morgan fingerprint density at radius 1 is 1.29 bits per heavy atom. The number of carbonyl (C=O) groups excluding carboxylic acids is 2. The van der Waals surface area contributed by atoms with Gasteiger partial charge in [-0.25, -0.2) is 4.79 Å². The molecule has 0 spiro atoms. The largest absolute Gasteiger partial charge is 0.390 e. The third-order valence-corrected chi connectivity index (χ3v) is 3.52. The summed E-state index contributed by atoms with van der Waals surface area (Å²) in [5.74, 6) is -0.219. The molecule has 5 heteroatoms. The van der Waals surface area contributed by atoms with Crippen molar-refractivity contribution in [2.45, 2.75) is 58.1 Å². The summed E-state index contributed by atoms with van der Waals surface area (Å²) in [5.41, 5.74) is -1.57. The monoisotopic (exact) mass is 242 g/mol. The van der Waals surface area contributed by atoms with Crippen LogP contribution in [0.2, 0.25) is 0 Å². The van der Waals surface area contributed by atoms with Crippen molar-refractivity contribution >= 4 is 11.9 Å². The molecule has 0 saturated carbocycles. The van der Waals surface area contributed by atoms with Crippen LogP contribution in [0, 0.1) is 0 Å². The van der Waals surface area contributed by atoms with Gasteiger partial charge in [0.25, 0.3) is 5.91 Å². The molecule has 0 unspecified atom stereocenters. The van der Waals surface area contributed by atoms with Crippen LogP contribution in [0.3, 0.4) is 0 Å². The van der Waals surface area contributed by atoms with E-state index in [1.807, 2.05) is 13.8 Å². The van der Waals surface area contributed by atoms with E-state index in [4.69, 9.17) is 0 Å². The van der Waals surface area contributed by atoms with Crippen LogP contribution in [0.1, 0.15) is 47.0 Å². The number of amides is 3. The zero-order valence-electron chi connectivity index (χ0n) is 11.0. The Labute approximate surface area is 102 Å². The molecule has 3 amide bonds. The molecule has 5 nitrogen and oxygen atoms in total. The number of hydrogen-bond donors (Lipinski definition) is 2. The first-order valence-electron chi connectivity index (χ1n) is 6.12. The molecule has 0 aromatic rings. The first-order valence-corrected chi connectivity index (χ1v) is 6.12. The van der Waals surface area contributed by atoms with Crippen LogP contribution < -0.4 is 5.32 Å². The van der Waals surface area contributed by atoms with Gasteiger partial charge in [0.15, 0.2) is 0 Å². The van der Waals surface area contributed by atoms with Crippen molar-refractivity contribution < 1.29 is 14.7 Å². The van der Waals surface area contributed by atoms with Crippen LogP contribution in [0.15, 0.2) is 0 Å². The van der Waals surface area contributed by atoms with Crippen LogP contribution in [0.25, 0.3) is 0 Å². The molecule has 0 aliphatic carbocycles.